The summed E-state index contributed by atoms with van der Waals surface area (Å²) in [5, 5.41) is 5.14. The molecular formula is C17H21F3N2O2. The largest absolute Gasteiger partial charge is 0.417 e. The van der Waals surface area contributed by atoms with E-state index in [0.29, 0.717) is 0 Å². The Morgan fingerprint density at radius 2 is 1.62 bits per heavy atom. The standard InChI is InChI=1S/C17H21F3N2O2/c18-17(19,20)14-9-5-4-8-13(14)16(24)22-11-10-21-15(23)12-6-2-1-3-7-12/h4-5,8-9,12H,1-3,6-7,10-11H2,(H,21,23)(H,22,24). The molecule has 0 aliphatic heterocycles. The number of carbonyl (C=O) groups excluding carboxylic acids is 2. The third kappa shape index (κ3) is 4.97. The maximum atomic E-state index is 12.9. The van der Waals surface area contributed by atoms with Crippen molar-refractivity contribution in [3.8, 4) is 0 Å². The lowest BCUT2D eigenvalue weighted by Crippen LogP contribution is -2.38. The predicted molar refractivity (Wildman–Crippen MR) is 83.4 cm³/mol. The fourth-order valence-corrected chi connectivity index (χ4v) is 2.89. The van der Waals surface area contributed by atoms with Gasteiger partial charge in [0.15, 0.2) is 0 Å². The van der Waals surface area contributed by atoms with Crippen molar-refractivity contribution < 1.29 is 22.8 Å². The van der Waals surface area contributed by atoms with Crippen molar-refractivity contribution in [2.45, 2.75) is 38.3 Å². The molecule has 2 rings (SSSR count). The summed E-state index contributed by atoms with van der Waals surface area (Å²) >= 11 is 0. The van der Waals surface area contributed by atoms with Crippen molar-refractivity contribution >= 4 is 11.8 Å². The van der Waals surface area contributed by atoms with Crippen LogP contribution in [0.5, 0.6) is 0 Å². The molecule has 0 bridgehead atoms. The van der Waals surface area contributed by atoms with Gasteiger partial charge in [-0.25, -0.2) is 0 Å². The molecule has 7 heteroatoms. The Bertz CT molecular complexity index is 581. The Morgan fingerprint density at radius 3 is 2.29 bits per heavy atom. The first kappa shape index (κ1) is 18.3. The number of alkyl halides is 3. The van der Waals surface area contributed by atoms with E-state index in [2.05, 4.69) is 10.6 Å². The quantitative estimate of drug-likeness (QED) is 0.808. The average molecular weight is 342 g/mol. The SMILES string of the molecule is O=C(NCCNC(=O)C1CCCCC1)c1ccccc1C(F)(F)F. The lowest BCUT2D eigenvalue weighted by atomic mass is 9.89. The van der Waals surface area contributed by atoms with Crippen molar-refractivity contribution in [2.24, 2.45) is 5.92 Å². The molecule has 0 heterocycles. The van der Waals surface area contributed by atoms with Crippen LogP contribution in [0.3, 0.4) is 0 Å². The second-order valence-corrected chi connectivity index (χ2v) is 5.93. The molecule has 1 aromatic rings. The molecule has 0 aromatic heterocycles. The molecule has 0 radical (unpaired) electrons. The van der Waals surface area contributed by atoms with E-state index in [0.717, 1.165) is 44.2 Å². The number of amides is 2. The van der Waals surface area contributed by atoms with Gasteiger partial charge in [0.25, 0.3) is 5.91 Å². The zero-order chi connectivity index (χ0) is 17.6. The Hall–Kier alpha value is -2.05. The molecule has 24 heavy (non-hydrogen) atoms. The van der Waals surface area contributed by atoms with Crippen molar-refractivity contribution in [3.63, 3.8) is 0 Å². The molecule has 0 spiro atoms. The van der Waals surface area contributed by atoms with Gasteiger partial charge in [0.05, 0.1) is 11.1 Å². The molecule has 1 aliphatic rings. The van der Waals surface area contributed by atoms with E-state index in [1.165, 1.54) is 12.1 Å². The third-order valence-corrected chi connectivity index (χ3v) is 4.16. The van der Waals surface area contributed by atoms with Crippen LogP contribution in [0.25, 0.3) is 0 Å². The zero-order valence-corrected chi connectivity index (χ0v) is 13.3. The Labute approximate surface area is 138 Å². The van der Waals surface area contributed by atoms with Gasteiger partial charge in [0.2, 0.25) is 5.91 Å². The number of benzene rings is 1. The van der Waals surface area contributed by atoms with Gasteiger partial charge < -0.3 is 10.6 Å². The van der Waals surface area contributed by atoms with Crippen molar-refractivity contribution in [1.29, 1.82) is 0 Å². The fourth-order valence-electron chi connectivity index (χ4n) is 2.89. The summed E-state index contributed by atoms with van der Waals surface area (Å²) in [7, 11) is 0. The van der Waals surface area contributed by atoms with Gasteiger partial charge >= 0.3 is 6.18 Å². The summed E-state index contributed by atoms with van der Waals surface area (Å²) in [4.78, 5) is 23.9. The molecule has 1 aromatic carbocycles. The predicted octanol–water partition coefficient (Wildman–Crippen LogP) is 3.13. The molecule has 132 valence electrons. The minimum Gasteiger partial charge on any atom is -0.354 e. The smallest absolute Gasteiger partial charge is 0.354 e. The molecular weight excluding hydrogens is 321 g/mol. The van der Waals surface area contributed by atoms with E-state index >= 15 is 0 Å². The van der Waals surface area contributed by atoms with E-state index in [1.54, 1.807) is 0 Å². The van der Waals surface area contributed by atoms with Crippen molar-refractivity contribution in [2.75, 3.05) is 13.1 Å². The Balaban J connectivity index is 1.80. The Kier molecular flexibility index (Phi) is 6.23. The summed E-state index contributed by atoms with van der Waals surface area (Å²) in [6.07, 6.45) is 0.405. The number of nitrogens with one attached hydrogen (secondary N) is 2. The highest BCUT2D eigenvalue weighted by Crippen LogP contribution is 2.31. The van der Waals surface area contributed by atoms with Crippen LogP contribution in [0.1, 0.15) is 48.0 Å². The minimum atomic E-state index is -4.58. The van der Waals surface area contributed by atoms with Gasteiger partial charge in [0, 0.05) is 19.0 Å². The number of halogens is 3. The molecule has 0 saturated heterocycles. The molecule has 2 amide bonds. The van der Waals surface area contributed by atoms with Crippen LogP contribution < -0.4 is 10.6 Å². The zero-order valence-electron chi connectivity index (χ0n) is 13.3. The van der Waals surface area contributed by atoms with Gasteiger partial charge in [-0.05, 0) is 25.0 Å². The number of carbonyl (C=O) groups is 2. The molecule has 1 aliphatic carbocycles. The summed E-state index contributed by atoms with van der Waals surface area (Å²) in [5.41, 5.74) is -1.38. The monoisotopic (exact) mass is 342 g/mol. The molecule has 1 saturated carbocycles. The van der Waals surface area contributed by atoms with Gasteiger partial charge in [0.1, 0.15) is 0 Å². The highest BCUT2D eigenvalue weighted by atomic mass is 19.4. The lowest BCUT2D eigenvalue weighted by molar-refractivity contribution is -0.138. The average Bonchev–Trinajstić information content (AvgIpc) is 2.58. The van der Waals surface area contributed by atoms with Crippen LogP contribution in [-0.4, -0.2) is 24.9 Å². The van der Waals surface area contributed by atoms with Crippen LogP contribution in [0.2, 0.25) is 0 Å². The molecule has 4 nitrogen and oxygen atoms in total. The minimum absolute atomic E-state index is 0.0143. The maximum absolute atomic E-state index is 12.9. The molecule has 1 fully saturated rings. The van der Waals surface area contributed by atoms with Crippen LogP contribution >= 0.6 is 0 Å². The van der Waals surface area contributed by atoms with Crippen LogP contribution in [0.15, 0.2) is 24.3 Å². The summed E-state index contributed by atoms with van der Waals surface area (Å²) in [6, 6.07) is 4.64. The van der Waals surface area contributed by atoms with Gasteiger partial charge in [-0.15, -0.1) is 0 Å². The number of rotatable bonds is 5. The first-order valence-electron chi connectivity index (χ1n) is 8.11. The first-order valence-corrected chi connectivity index (χ1v) is 8.11. The maximum Gasteiger partial charge on any atom is 0.417 e. The highest BCUT2D eigenvalue weighted by molar-refractivity contribution is 5.95. The van der Waals surface area contributed by atoms with Gasteiger partial charge in [-0.3, -0.25) is 9.59 Å². The summed E-state index contributed by atoms with van der Waals surface area (Å²) < 4.78 is 38.6. The molecule has 0 unspecified atom stereocenters. The van der Waals surface area contributed by atoms with E-state index in [9.17, 15) is 22.8 Å². The number of hydrogen-bond acceptors (Lipinski definition) is 2. The molecule has 2 N–H and O–H groups in total. The van der Waals surface area contributed by atoms with E-state index in [4.69, 9.17) is 0 Å². The number of hydrogen-bond donors (Lipinski definition) is 2. The summed E-state index contributed by atoms with van der Waals surface area (Å²) in [5.74, 6) is -0.824. The second-order valence-electron chi connectivity index (χ2n) is 5.93. The van der Waals surface area contributed by atoms with Crippen LogP contribution in [0.4, 0.5) is 13.2 Å². The van der Waals surface area contributed by atoms with Gasteiger partial charge in [-0.1, -0.05) is 31.4 Å². The second kappa shape index (κ2) is 8.17. The fraction of sp³-hybridized carbons (Fsp3) is 0.529. The van der Waals surface area contributed by atoms with Crippen LogP contribution in [0, 0.1) is 5.92 Å². The van der Waals surface area contributed by atoms with E-state index < -0.39 is 23.2 Å². The van der Waals surface area contributed by atoms with Crippen LogP contribution in [-0.2, 0) is 11.0 Å². The van der Waals surface area contributed by atoms with Gasteiger partial charge in [-0.2, -0.15) is 13.2 Å². The highest BCUT2D eigenvalue weighted by Gasteiger charge is 2.34. The third-order valence-electron chi connectivity index (χ3n) is 4.16. The normalized spacial score (nSPS) is 15.8. The van der Waals surface area contributed by atoms with Crippen molar-refractivity contribution in [3.05, 3.63) is 35.4 Å². The lowest BCUT2D eigenvalue weighted by Gasteiger charge is -2.20. The van der Waals surface area contributed by atoms with E-state index in [-0.39, 0.29) is 24.9 Å². The van der Waals surface area contributed by atoms with Crippen molar-refractivity contribution in [1.82, 2.24) is 10.6 Å². The molecule has 0 atom stereocenters. The van der Waals surface area contributed by atoms with E-state index in [1.807, 2.05) is 0 Å². The first-order chi connectivity index (χ1) is 11.4. The Morgan fingerprint density at radius 1 is 1.00 bits per heavy atom. The summed E-state index contributed by atoms with van der Waals surface area (Å²) in [6.45, 7) is 0.290. The topological polar surface area (TPSA) is 58.2 Å².